The Kier molecular flexibility index (Phi) is 47.6. The summed E-state index contributed by atoms with van der Waals surface area (Å²) in [5.41, 5.74) is 0. The molecule has 0 bridgehead atoms. The molecule has 394 valence electrons. The van der Waals surface area contributed by atoms with Crippen LogP contribution in [-0.4, -0.2) is 70.0 Å². The first kappa shape index (κ1) is 65.5. The molecule has 9 nitrogen and oxygen atoms in total. The maximum atomic E-state index is 12.7. The van der Waals surface area contributed by atoms with Crippen molar-refractivity contribution in [2.45, 2.75) is 238 Å². The number of esters is 2. The van der Waals surface area contributed by atoms with Crippen LogP contribution in [0.25, 0.3) is 0 Å². The number of carbonyl (C=O) groups excluding carboxylic acids is 2. The first-order valence-corrected chi connectivity index (χ1v) is 29.1. The van der Waals surface area contributed by atoms with Crippen LogP contribution in [0.2, 0.25) is 0 Å². The average Bonchev–Trinajstić information content (AvgIpc) is 3.30. The number of hydrogen-bond donors (Lipinski definition) is 0. The molecule has 0 radical (unpaired) electrons. The Balaban J connectivity index is 4.17. The van der Waals surface area contributed by atoms with Gasteiger partial charge in [-0.05, 0) is 83.5 Å². The molecule has 2 unspecified atom stereocenters. The van der Waals surface area contributed by atoms with Gasteiger partial charge in [-0.2, -0.15) is 0 Å². The summed E-state index contributed by atoms with van der Waals surface area (Å²) in [6.07, 6.45) is 63.8. The summed E-state index contributed by atoms with van der Waals surface area (Å²) in [5.74, 6) is -0.860. The van der Waals surface area contributed by atoms with Gasteiger partial charge in [0.1, 0.15) is 19.8 Å². The number of unbranched alkanes of at least 4 members (excludes halogenated alkanes) is 24. The Labute approximate surface area is 418 Å². The van der Waals surface area contributed by atoms with E-state index in [1.54, 1.807) is 0 Å². The molecule has 0 amide bonds. The zero-order valence-electron chi connectivity index (χ0n) is 44.5. The predicted octanol–water partition coefficient (Wildman–Crippen LogP) is 16.3. The van der Waals surface area contributed by atoms with E-state index in [0.29, 0.717) is 17.4 Å². The van der Waals surface area contributed by atoms with Gasteiger partial charge in [0.15, 0.2) is 6.10 Å². The van der Waals surface area contributed by atoms with E-state index in [4.69, 9.17) is 18.5 Å². The van der Waals surface area contributed by atoms with Gasteiger partial charge in [0, 0.05) is 12.8 Å². The van der Waals surface area contributed by atoms with Gasteiger partial charge in [-0.3, -0.25) is 14.2 Å². The first-order valence-electron chi connectivity index (χ1n) is 27.6. The van der Waals surface area contributed by atoms with Crippen LogP contribution in [0, 0.1) is 0 Å². The SMILES string of the molecule is CC/C=C\C/C=C\C/C=C\C/C=C\CCCCCCC(=O)OC(COC(=O)CCCCCCCCCCCCCCCCC/C=C\C/C=C\CCCCCCC)COP(=O)([O-])OCC[N+](C)(C)C. The van der Waals surface area contributed by atoms with Crippen LogP contribution in [0.3, 0.4) is 0 Å². The van der Waals surface area contributed by atoms with Crippen molar-refractivity contribution in [2.75, 3.05) is 47.5 Å². The molecular weight excluding hydrogens is 870 g/mol. The lowest BCUT2D eigenvalue weighted by atomic mass is 10.0. The van der Waals surface area contributed by atoms with E-state index in [-0.39, 0.29) is 26.1 Å². The number of phosphoric acid groups is 1. The first-order chi connectivity index (χ1) is 33.0. The van der Waals surface area contributed by atoms with E-state index in [1.807, 2.05) is 21.1 Å². The molecule has 0 spiro atoms. The number of likely N-dealkylation sites (N-methyl/N-ethyl adjacent to an activating group) is 1. The van der Waals surface area contributed by atoms with Crippen LogP contribution in [0.4, 0.5) is 0 Å². The number of hydrogen-bond acceptors (Lipinski definition) is 8. The molecule has 68 heavy (non-hydrogen) atoms. The molecule has 0 aromatic rings. The van der Waals surface area contributed by atoms with Crippen molar-refractivity contribution in [1.82, 2.24) is 0 Å². The monoisotopic (exact) mass is 974 g/mol. The highest BCUT2D eigenvalue weighted by atomic mass is 31.2. The number of rotatable bonds is 50. The Hall–Kier alpha value is -2.55. The van der Waals surface area contributed by atoms with Gasteiger partial charge >= 0.3 is 11.9 Å². The van der Waals surface area contributed by atoms with Gasteiger partial charge in [0.2, 0.25) is 0 Å². The molecule has 2 atom stereocenters. The summed E-state index contributed by atoms with van der Waals surface area (Å²) in [7, 11) is 1.14. The van der Waals surface area contributed by atoms with Crippen molar-refractivity contribution < 1.29 is 42.1 Å². The maximum absolute atomic E-state index is 12.7. The third kappa shape index (κ3) is 52.8. The smallest absolute Gasteiger partial charge is 0.306 e. The molecule has 0 aliphatic carbocycles. The second-order valence-corrected chi connectivity index (χ2v) is 21.0. The quantitative estimate of drug-likeness (QED) is 0.0195. The van der Waals surface area contributed by atoms with Crippen LogP contribution >= 0.6 is 7.82 Å². The van der Waals surface area contributed by atoms with E-state index in [1.165, 1.54) is 122 Å². The Morgan fingerprint density at radius 1 is 0.471 bits per heavy atom. The topological polar surface area (TPSA) is 111 Å². The molecule has 0 fully saturated rings. The van der Waals surface area contributed by atoms with Crippen LogP contribution in [0.15, 0.2) is 72.9 Å². The van der Waals surface area contributed by atoms with Crippen LogP contribution in [0.1, 0.15) is 232 Å². The van der Waals surface area contributed by atoms with Gasteiger partial charge < -0.3 is 27.9 Å². The van der Waals surface area contributed by atoms with E-state index < -0.39 is 32.5 Å². The maximum Gasteiger partial charge on any atom is 0.306 e. The zero-order chi connectivity index (χ0) is 49.9. The zero-order valence-corrected chi connectivity index (χ0v) is 45.4. The highest BCUT2D eigenvalue weighted by Crippen LogP contribution is 2.38. The van der Waals surface area contributed by atoms with Crippen molar-refractivity contribution >= 4 is 19.8 Å². The minimum atomic E-state index is -4.64. The number of quaternary nitrogens is 1. The second kappa shape index (κ2) is 49.4. The summed E-state index contributed by atoms with van der Waals surface area (Å²) in [6, 6.07) is 0. The lowest BCUT2D eigenvalue weighted by molar-refractivity contribution is -0.870. The Morgan fingerprint density at radius 3 is 1.25 bits per heavy atom. The third-order valence-corrected chi connectivity index (χ3v) is 12.7. The van der Waals surface area contributed by atoms with Gasteiger partial charge in [0.25, 0.3) is 7.82 Å². The number of ether oxygens (including phenoxy) is 2. The van der Waals surface area contributed by atoms with Crippen molar-refractivity contribution in [1.29, 1.82) is 0 Å². The van der Waals surface area contributed by atoms with Gasteiger partial charge in [-0.25, -0.2) is 0 Å². The Morgan fingerprint density at radius 2 is 0.838 bits per heavy atom. The van der Waals surface area contributed by atoms with Crippen molar-refractivity contribution in [3.63, 3.8) is 0 Å². The minimum absolute atomic E-state index is 0.0385. The fourth-order valence-corrected chi connectivity index (χ4v) is 8.17. The largest absolute Gasteiger partial charge is 0.756 e. The molecule has 0 N–H and O–H groups in total. The van der Waals surface area contributed by atoms with Gasteiger partial charge in [-0.15, -0.1) is 0 Å². The van der Waals surface area contributed by atoms with E-state index in [2.05, 4.69) is 86.8 Å². The average molecular weight is 974 g/mol. The molecule has 0 aromatic carbocycles. The normalized spacial score (nSPS) is 13.9. The fraction of sp³-hybridized carbons (Fsp3) is 0.759. The Bertz CT molecular complexity index is 1380. The highest BCUT2D eigenvalue weighted by Gasteiger charge is 2.21. The minimum Gasteiger partial charge on any atom is -0.756 e. The fourth-order valence-electron chi connectivity index (χ4n) is 7.44. The molecule has 10 heteroatoms. The summed E-state index contributed by atoms with van der Waals surface area (Å²) in [5, 5.41) is 0. The number of phosphoric ester groups is 1. The van der Waals surface area contributed by atoms with Gasteiger partial charge in [0.05, 0.1) is 27.7 Å². The van der Waals surface area contributed by atoms with Crippen LogP contribution < -0.4 is 4.89 Å². The summed E-state index contributed by atoms with van der Waals surface area (Å²) in [6.45, 7) is 4.09. The summed E-state index contributed by atoms with van der Waals surface area (Å²) in [4.78, 5) is 37.8. The van der Waals surface area contributed by atoms with Crippen LogP contribution in [-0.2, 0) is 32.7 Å². The molecule has 0 rings (SSSR count). The molecule has 0 aromatic heterocycles. The lowest BCUT2D eigenvalue weighted by Gasteiger charge is -2.28. The van der Waals surface area contributed by atoms with E-state index in [9.17, 15) is 19.0 Å². The summed E-state index contributed by atoms with van der Waals surface area (Å²) >= 11 is 0. The molecule has 0 saturated heterocycles. The summed E-state index contributed by atoms with van der Waals surface area (Å²) < 4.78 is 34.1. The standard InChI is InChI=1S/C58H104NO8P/c1-6-8-10-12-14-16-18-20-22-24-25-26-27-28-29-30-31-32-33-35-36-38-40-42-44-46-48-50-57(60)64-54-56(55-66-68(62,63)65-53-52-59(3,4)5)67-58(61)51-49-47-45-43-41-39-37-34-23-21-19-17-15-13-11-9-7-2/h9,11,15,17-18,20-21,23-25,37,39,56H,6-8,10,12-14,16,19,22,26-36,38,40-55H2,1-5H3/b11-9-,17-15-,20-18-,23-21-,25-24-,39-37-. The van der Waals surface area contributed by atoms with Crippen molar-refractivity contribution in [2.24, 2.45) is 0 Å². The molecule has 0 aliphatic heterocycles. The highest BCUT2D eigenvalue weighted by molar-refractivity contribution is 7.45. The van der Waals surface area contributed by atoms with E-state index >= 15 is 0 Å². The third-order valence-electron chi connectivity index (χ3n) is 11.7. The molecular formula is C58H104NO8P. The number of nitrogens with zero attached hydrogens (tertiary/aromatic N) is 1. The van der Waals surface area contributed by atoms with Crippen molar-refractivity contribution in [3.8, 4) is 0 Å². The molecule has 0 aliphatic rings. The number of carbonyl (C=O) groups is 2. The van der Waals surface area contributed by atoms with E-state index in [0.717, 1.165) is 77.0 Å². The number of allylic oxidation sites excluding steroid dienone is 12. The molecule has 0 saturated carbocycles. The van der Waals surface area contributed by atoms with Gasteiger partial charge in [-0.1, -0.05) is 209 Å². The second-order valence-electron chi connectivity index (χ2n) is 19.6. The lowest BCUT2D eigenvalue weighted by Crippen LogP contribution is -2.37. The molecule has 0 heterocycles. The predicted molar refractivity (Wildman–Crippen MR) is 286 cm³/mol. The van der Waals surface area contributed by atoms with Crippen molar-refractivity contribution in [3.05, 3.63) is 72.9 Å². The van der Waals surface area contributed by atoms with Crippen LogP contribution in [0.5, 0.6) is 0 Å².